The van der Waals surface area contributed by atoms with Crippen molar-refractivity contribution in [2.24, 2.45) is 11.7 Å². The van der Waals surface area contributed by atoms with Gasteiger partial charge < -0.3 is 5.73 Å². The summed E-state index contributed by atoms with van der Waals surface area (Å²) in [5.74, 6) is 0.310. The van der Waals surface area contributed by atoms with Crippen LogP contribution in [0.5, 0.6) is 0 Å². The number of allylic oxidation sites excluding steroid dienone is 3. The van der Waals surface area contributed by atoms with E-state index in [2.05, 4.69) is 33.1 Å². The molecule has 0 spiro atoms. The SMILES string of the molecule is CSC(C)(C)CCCC(C)C/C=C/C(C)=C/C(N)=O. The molecule has 0 aromatic rings. The summed E-state index contributed by atoms with van der Waals surface area (Å²) in [5.41, 5.74) is 6.01. The molecule has 1 amide bonds. The molecular weight excluding hydrogens is 254 g/mol. The van der Waals surface area contributed by atoms with Gasteiger partial charge in [-0.2, -0.15) is 11.8 Å². The number of rotatable bonds is 9. The Balaban J connectivity index is 3.91. The van der Waals surface area contributed by atoms with Gasteiger partial charge in [0.15, 0.2) is 0 Å². The van der Waals surface area contributed by atoms with Crippen molar-refractivity contribution in [2.75, 3.05) is 6.26 Å². The number of primary amides is 1. The van der Waals surface area contributed by atoms with Crippen molar-refractivity contribution in [1.29, 1.82) is 0 Å². The van der Waals surface area contributed by atoms with Crippen molar-refractivity contribution in [2.45, 2.75) is 58.1 Å². The topological polar surface area (TPSA) is 43.1 Å². The van der Waals surface area contributed by atoms with E-state index in [0.717, 1.165) is 12.0 Å². The van der Waals surface area contributed by atoms with Crippen molar-refractivity contribution >= 4 is 17.7 Å². The molecule has 110 valence electrons. The van der Waals surface area contributed by atoms with E-state index >= 15 is 0 Å². The third-order valence-electron chi connectivity index (χ3n) is 3.32. The maximum absolute atomic E-state index is 10.7. The van der Waals surface area contributed by atoms with Gasteiger partial charge in [-0.05, 0) is 37.5 Å². The van der Waals surface area contributed by atoms with Gasteiger partial charge in [0, 0.05) is 10.8 Å². The Kier molecular flexibility index (Phi) is 8.90. The van der Waals surface area contributed by atoms with Crippen LogP contribution in [0.1, 0.15) is 53.4 Å². The van der Waals surface area contributed by atoms with E-state index in [0.29, 0.717) is 10.7 Å². The summed E-state index contributed by atoms with van der Waals surface area (Å²) in [7, 11) is 0. The smallest absolute Gasteiger partial charge is 0.241 e. The number of nitrogens with two attached hydrogens (primary N) is 1. The van der Waals surface area contributed by atoms with Crippen molar-refractivity contribution in [3.05, 3.63) is 23.8 Å². The zero-order valence-corrected chi connectivity index (χ0v) is 13.8. The predicted molar refractivity (Wildman–Crippen MR) is 87.3 cm³/mol. The first-order valence-corrected chi connectivity index (χ1v) is 8.18. The minimum absolute atomic E-state index is 0.380. The van der Waals surface area contributed by atoms with Crippen LogP contribution in [-0.4, -0.2) is 16.9 Å². The molecule has 1 atom stereocenters. The number of thioether (sulfide) groups is 1. The minimum atomic E-state index is -0.380. The van der Waals surface area contributed by atoms with Crippen LogP contribution in [0.2, 0.25) is 0 Å². The van der Waals surface area contributed by atoms with E-state index in [-0.39, 0.29) is 5.91 Å². The summed E-state index contributed by atoms with van der Waals surface area (Å²) in [6, 6.07) is 0. The van der Waals surface area contributed by atoms with Crippen LogP contribution in [0.3, 0.4) is 0 Å². The number of carbonyl (C=O) groups excluding carboxylic acids is 1. The van der Waals surface area contributed by atoms with Crippen LogP contribution >= 0.6 is 11.8 Å². The number of hydrogen-bond donors (Lipinski definition) is 1. The fourth-order valence-corrected chi connectivity index (χ4v) is 2.20. The Bertz CT molecular complexity index is 332. The highest BCUT2D eigenvalue weighted by Gasteiger charge is 2.15. The maximum Gasteiger partial charge on any atom is 0.241 e. The Morgan fingerprint density at radius 3 is 2.58 bits per heavy atom. The van der Waals surface area contributed by atoms with E-state index in [1.807, 2.05) is 24.8 Å². The van der Waals surface area contributed by atoms with Gasteiger partial charge in [-0.1, -0.05) is 45.8 Å². The third-order valence-corrected chi connectivity index (χ3v) is 4.63. The first kappa shape index (κ1) is 18.3. The fraction of sp³-hybridized carbons (Fsp3) is 0.688. The molecule has 2 nitrogen and oxygen atoms in total. The van der Waals surface area contributed by atoms with Crippen LogP contribution in [0, 0.1) is 5.92 Å². The van der Waals surface area contributed by atoms with Crippen LogP contribution in [0.25, 0.3) is 0 Å². The van der Waals surface area contributed by atoms with Gasteiger partial charge >= 0.3 is 0 Å². The average Bonchev–Trinajstić information content (AvgIpc) is 2.27. The van der Waals surface area contributed by atoms with Gasteiger partial charge in [0.1, 0.15) is 0 Å². The molecule has 2 N–H and O–H groups in total. The van der Waals surface area contributed by atoms with E-state index in [1.165, 1.54) is 25.3 Å². The summed E-state index contributed by atoms with van der Waals surface area (Å²) in [4.78, 5) is 10.7. The molecule has 0 aromatic heterocycles. The van der Waals surface area contributed by atoms with Gasteiger partial charge in [-0.15, -0.1) is 0 Å². The molecule has 0 rings (SSSR count). The average molecular weight is 283 g/mol. The summed E-state index contributed by atoms with van der Waals surface area (Å²) in [5, 5.41) is 0. The van der Waals surface area contributed by atoms with Gasteiger partial charge in [-0.25, -0.2) is 0 Å². The molecule has 0 heterocycles. The van der Waals surface area contributed by atoms with Gasteiger partial charge in [-0.3, -0.25) is 4.79 Å². The third kappa shape index (κ3) is 10.9. The molecule has 0 fully saturated rings. The second kappa shape index (κ2) is 9.24. The molecule has 0 aliphatic rings. The summed E-state index contributed by atoms with van der Waals surface area (Å²) >= 11 is 1.94. The molecule has 0 radical (unpaired) electrons. The highest BCUT2D eigenvalue weighted by molar-refractivity contribution is 7.99. The molecule has 0 saturated heterocycles. The molecule has 0 aliphatic heterocycles. The second-order valence-electron chi connectivity index (χ2n) is 5.89. The summed E-state index contributed by atoms with van der Waals surface area (Å²) in [6.07, 6.45) is 12.6. The first-order chi connectivity index (χ1) is 8.76. The van der Waals surface area contributed by atoms with Gasteiger partial charge in [0.25, 0.3) is 0 Å². The largest absolute Gasteiger partial charge is 0.366 e. The van der Waals surface area contributed by atoms with Gasteiger partial charge in [0.05, 0.1) is 0 Å². The van der Waals surface area contributed by atoms with Crippen molar-refractivity contribution in [3.8, 4) is 0 Å². The van der Waals surface area contributed by atoms with Crippen LogP contribution in [-0.2, 0) is 4.79 Å². The fourth-order valence-electron chi connectivity index (χ4n) is 1.85. The zero-order valence-electron chi connectivity index (χ0n) is 13.0. The Labute approximate surface area is 122 Å². The standard InChI is InChI=1S/C16H29NOS/c1-13(10-7-11-16(3,4)19-5)8-6-9-14(2)12-15(17)18/h6,9,12-13H,7-8,10-11H2,1-5H3,(H2,17,18)/b9-6+,14-12+. The lowest BCUT2D eigenvalue weighted by Crippen LogP contribution is -2.13. The van der Waals surface area contributed by atoms with E-state index < -0.39 is 0 Å². The molecular formula is C16H29NOS. The molecule has 1 unspecified atom stereocenters. The lowest BCUT2D eigenvalue weighted by atomic mass is 9.96. The molecule has 0 bridgehead atoms. The Morgan fingerprint density at radius 2 is 2.05 bits per heavy atom. The zero-order chi connectivity index (χ0) is 14.9. The lowest BCUT2D eigenvalue weighted by Gasteiger charge is -2.22. The number of amides is 1. The highest BCUT2D eigenvalue weighted by atomic mass is 32.2. The summed E-state index contributed by atoms with van der Waals surface area (Å²) in [6.45, 7) is 8.79. The molecule has 19 heavy (non-hydrogen) atoms. The van der Waals surface area contributed by atoms with Crippen molar-refractivity contribution < 1.29 is 4.79 Å². The summed E-state index contributed by atoms with van der Waals surface area (Å²) < 4.78 is 0.399. The quantitative estimate of drug-likeness (QED) is 0.506. The molecule has 0 aliphatic carbocycles. The second-order valence-corrected chi connectivity index (χ2v) is 7.40. The predicted octanol–water partition coefficient (Wildman–Crippen LogP) is 4.31. The Hall–Kier alpha value is -0.700. The number of carbonyl (C=O) groups is 1. The van der Waals surface area contributed by atoms with Crippen LogP contribution < -0.4 is 5.73 Å². The molecule has 0 aromatic carbocycles. The lowest BCUT2D eigenvalue weighted by molar-refractivity contribution is -0.113. The maximum atomic E-state index is 10.7. The Morgan fingerprint density at radius 1 is 1.42 bits per heavy atom. The first-order valence-electron chi connectivity index (χ1n) is 6.96. The van der Waals surface area contributed by atoms with E-state index in [9.17, 15) is 4.79 Å². The van der Waals surface area contributed by atoms with Crippen molar-refractivity contribution in [3.63, 3.8) is 0 Å². The molecule has 3 heteroatoms. The van der Waals surface area contributed by atoms with Crippen LogP contribution in [0.15, 0.2) is 23.8 Å². The van der Waals surface area contributed by atoms with Crippen molar-refractivity contribution in [1.82, 2.24) is 0 Å². The van der Waals surface area contributed by atoms with Gasteiger partial charge in [0.2, 0.25) is 5.91 Å². The number of hydrogen-bond acceptors (Lipinski definition) is 2. The molecule has 0 saturated carbocycles. The normalized spacial score (nSPS) is 14.9. The monoisotopic (exact) mass is 283 g/mol. The highest BCUT2D eigenvalue weighted by Crippen LogP contribution is 2.28. The van der Waals surface area contributed by atoms with E-state index in [4.69, 9.17) is 5.73 Å². The van der Waals surface area contributed by atoms with E-state index in [1.54, 1.807) is 0 Å². The van der Waals surface area contributed by atoms with Crippen LogP contribution in [0.4, 0.5) is 0 Å². The minimum Gasteiger partial charge on any atom is -0.366 e.